The van der Waals surface area contributed by atoms with Gasteiger partial charge in [0, 0.05) is 63.8 Å². The molecule has 0 saturated carbocycles. The molecule has 54 heavy (non-hydrogen) atoms. The van der Waals surface area contributed by atoms with Crippen molar-refractivity contribution in [1.82, 2.24) is 39.1 Å². The van der Waals surface area contributed by atoms with Crippen LogP contribution in [0.1, 0.15) is 37.8 Å². The van der Waals surface area contributed by atoms with Gasteiger partial charge in [0.15, 0.2) is 17.3 Å². The van der Waals surface area contributed by atoms with E-state index in [0.29, 0.717) is 78.3 Å². The Hall–Kier alpha value is -5.80. The molecule has 8 rings (SSSR count). The van der Waals surface area contributed by atoms with Crippen LogP contribution in [0.5, 0.6) is 0 Å². The lowest BCUT2D eigenvalue weighted by Gasteiger charge is -2.36. The zero-order valence-electron chi connectivity index (χ0n) is 30.6. The number of carbonyl (C=O) groups excluding carboxylic acids is 1. The molecule has 2 aromatic carbocycles. The predicted molar refractivity (Wildman–Crippen MR) is 206 cm³/mol. The highest BCUT2D eigenvalue weighted by Gasteiger charge is 2.39. The first-order chi connectivity index (χ1) is 25.9. The molecule has 1 unspecified atom stereocenters. The molecule has 4 aromatic heterocycles. The van der Waals surface area contributed by atoms with Crippen molar-refractivity contribution in [1.29, 1.82) is 0 Å². The summed E-state index contributed by atoms with van der Waals surface area (Å²) in [6, 6.07) is 22.0. The van der Waals surface area contributed by atoms with Crippen molar-refractivity contribution in [3.05, 3.63) is 103 Å². The van der Waals surface area contributed by atoms with Crippen LogP contribution >= 0.6 is 0 Å². The number of rotatable bonds is 7. The first-order valence-electron chi connectivity index (χ1n) is 17.9. The summed E-state index contributed by atoms with van der Waals surface area (Å²) in [5.41, 5.74) is 10.8. The lowest BCUT2D eigenvalue weighted by atomic mass is 10.00. The van der Waals surface area contributed by atoms with E-state index in [-0.39, 0.29) is 23.5 Å². The van der Waals surface area contributed by atoms with Crippen LogP contribution in [0.3, 0.4) is 0 Å². The van der Waals surface area contributed by atoms with Gasteiger partial charge in [0.05, 0.1) is 21.8 Å². The van der Waals surface area contributed by atoms with Gasteiger partial charge in [0.1, 0.15) is 16.9 Å². The first-order valence-corrected chi connectivity index (χ1v) is 19.3. The summed E-state index contributed by atoms with van der Waals surface area (Å²) in [5.74, 6) is 1.29. The molecule has 1 saturated heterocycles. The Morgan fingerprint density at radius 2 is 1.72 bits per heavy atom. The van der Waals surface area contributed by atoms with E-state index in [4.69, 9.17) is 20.4 Å². The molecule has 278 valence electrons. The van der Waals surface area contributed by atoms with Crippen LogP contribution in [0.2, 0.25) is 0 Å². The third-order valence-electron chi connectivity index (χ3n) is 9.79. The number of piperazine rings is 1. The van der Waals surface area contributed by atoms with E-state index < -0.39 is 15.6 Å². The normalized spacial score (nSPS) is 16.6. The third-order valence-corrected chi connectivity index (χ3v) is 11.6. The van der Waals surface area contributed by atoms with Crippen LogP contribution < -0.4 is 10.0 Å². The number of hydrogen-bond acceptors (Lipinski definition) is 10. The fraction of sp³-hybridized carbons (Fsp3) is 0.308. The summed E-state index contributed by atoms with van der Waals surface area (Å²) in [4.78, 5) is 31.3. The average molecular weight is 747 g/mol. The van der Waals surface area contributed by atoms with Crippen molar-refractivity contribution >= 4 is 38.8 Å². The number of hydrogen-bond donors (Lipinski definition) is 1. The summed E-state index contributed by atoms with van der Waals surface area (Å²) in [5, 5.41) is 4.37. The van der Waals surface area contributed by atoms with Crippen molar-refractivity contribution in [2.24, 2.45) is 0 Å². The fourth-order valence-corrected chi connectivity index (χ4v) is 8.64. The molecule has 2 aliphatic heterocycles. The molecule has 0 spiro atoms. The molecular weight excluding hydrogens is 705 g/mol. The average Bonchev–Trinajstić information content (AvgIpc) is 3.90. The number of nitrogens with zero attached hydrogens (tertiary/aromatic N) is 9. The molecule has 14 nitrogen and oxygen atoms in total. The molecule has 15 heteroatoms. The number of pyridine rings is 2. The van der Waals surface area contributed by atoms with Crippen molar-refractivity contribution in [3.8, 4) is 22.9 Å². The molecule has 0 bridgehead atoms. The second kappa shape index (κ2) is 13.6. The Morgan fingerprint density at radius 1 is 0.944 bits per heavy atom. The molecular formula is C39H42N10O4S. The molecule has 2 N–H and O–H groups in total. The zero-order chi connectivity index (χ0) is 37.8. The molecule has 6 aromatic rings. The van der Waals surface area contributed by atoms with Crippen LogP contribution in [-0.2, 0) is 14.8 Å². The first kappa shape index (κ1) is 35.2. The largest absolute Gasteiger partial charge is 0.444 e. The number of aromatic nitrogens is 6. The Bertz CT molecular complexity index is 2450. The van der Waals surface area contributed by atoms with Crippen LogP contribution in [0.4, 0.5) is 16.3 Å². The van der Waals surface area contributed by atoms with Crippen molar-refractivity contribution in [3.63, 3.8) is 0 Å². The topological polar surface area (TPSA) is 158 Å². The number of ether oxygens (including phenoxy) is 1. The highest BCUT2D eigenvalue weighted by atomic mass is 32.2. The number of fused-ring (bicyclic) bond motifs is 2. The van der Waals surface area contributed by atoms with Gasteiger partial charge in [-0.05, 0) is 87.9 Å². The minimum Gasteiger partial charge on any atom is -0.444 e. The van der Waals surface area contributed by atoms with Gasteiger partial charge >= 0.3 is 6.09 Å². The minimum absolute atomic E-state index is 0.125. The van der Waals surface area contributed by atoms with E-state index in [0.717, 1.165) is 11.1 Å². The predicted octanol–water partition coefficient (Wildman–Crippen LogP) is 5.40. The maximum Gasteiger partial charge on any atom is 0.410 e. The Morgan fingerprint density at radius 3 is 2.43 bits per heavy atom. The van der Waals surface area contributed by atoms with Gasteiger partial charge in [-0.3, -0.25) is 13.8 Å². The molecule has 0 aliphatic carbocycles. The second-order valence-corrected chi connectivity index (χ2v) is 16.6. The van der Waals surface area contributed by atoms with E-state index >= 15 is 0 Å². The lowest BCUT2D eigenvalue weighted by molar-refractivity contribution is 0.0142. The van der Waals surface area contributed by atoms with Crippen LogP contribution in [0, 0.1) is 6.92 Å². The van der Waals surface area contributed by atoms with Gasteiger partial charge < -0.3 is 15.4 Å². The van der Waals surface area contributed by atoms with Crippen molar-refractivity contribution < 1.29 is 17.9 Å². The molecule has 1 amide bonds. The monoisotopic (exact) mass is 746 g/mol. The highest BCUT2D eigenvalue weighted by Crippen LogP contribution is 2.43. The smallest absolute Gasteiger partial charge is 0.410 e. The number of nitrogens with two attached hydrogens (primary N) is 1. The van der Waals surface area contributed by atoms with E-state index in [1.54, 1.807) is 40.2 Å². The summed E-state index contributed by atoms with van der Waals surface area (Å²) in [7, 11) is -3.95. The Labute approximate surface area is 313 Å². The Kier molecular flexibility index (Phi) is 8.85. The van der Waals surface area contributed by atoms with Crippen molar-refractivity contribution in [2.75, 3.05) is 49.3 Å². The van der Waals surface area contributed by atoms with E-state index in [2.05, 4.69) is 15.0 Å². The zero-order valence-corrected chi connectivity index (χ0v) is 31.4. The number of anilines is 2. The van der Waals surface area contributed by atoms with Gasteiger partial charge in [-0.25, -0.2) is 32.8 Å². The van der Waals surface area contributed by atoms with E-state index in [1.165, 1.54) is 4.31 Å². The summed E-state index contributed by atoms with van der Waals surface area (Å²) >= 11 is 0. The van der Waals surface area contributed by atoms with Gasteiger partial charge in [0.2, 0.25) is 0 Å². The molecule has 2 aliphatic rings. The number of sulfonamides is 1. The molecule has 6 heterocycles. The van der Waals surface area contributed by atoms with Gasteiger partial charge in [-0.2, -0.15) is 5.10 Å². The SMILES string of the molecule is Cc1ccc(S(=O)(=O)N2CC(CN3CCN(C(=O)OC(C)(C)C)CC3)c3ccc(-n4c(-c5cccnc5N)nc5ccc(-n6cccn6)nc54)cc32)cc1. The second-order valence-electron chi connectivity index (χ2n) is 14.7. The van der Waals surface area contributed by atoms with Crippen LogP contribution in [0.25, 0.3) is 34.1 Å². The number of imidazole rings is 1. The number of aryl methyl sites for hydroxylation is 1. The summed E-state index contributed by atoms with van der Waals surface area (Å²) in [6.45, 7) is 10.7. The molecule has 0 radical (unpaired) electrons. The number of amides is 1. The van der Waals surface area contributed by atoms with Gasteiger partial charge in [-0.15, -0.1) is 0 Å². The maximum absolute atomic E-state index is 14.5. The quantitative estimate of drug-likeness (QED) is 0.224. The van der Waals surface area contributed by atoms with Crippen LogP contribution in [0.15, 0.2) is 96.3 Å². The van der Waals surface area contributed by atoms with E-state index in [1.807, 2.05) is 93.1 Å². The number of nitrogen functional groups attached to an aromatic ring is 1. The molecule has 1 fully saturated rings. The maximum atomic E-state index is 14.5. The van der Waals surface area contributed by atoms with Crippen molar-refractivity contribution in [2.45, 2.75) is 44.1 Å². The third kappa shape index (κ3) is 6.64. The fourth-order valence-electron chi connectivity index (χ4n) is 7.11. The standard InChI is InChI=1S/C39H42N10O4S/c1-26-8-11-29(12-9-26)54(51,52)48-25-27(24-45-19-21-46(22-20-45)38(50)53-39(2,3)4)30-13-10-28(23-33(30)48)49-36(31-7-5-16-41-35(31)40)43-32-14-15-34(44-37(32)49)47-18-6-17-42-47/h5-18,23,27H,19-22,24-25H2,1-4H3,(H2,40,41). The van der Waals surface area contributed by atoms with Gasteiger partial charge in [0.25, 0.3) is 10.0 Å². The lowest BCUT2D eigenvalue weighted by Crippen LogP contribution is -2.51. The van der Waals surface area contributed by atoms with E-state index in [9.17, 15) is 13.2 Å². The minimum atomic E-state index is -3.95. The molecule has 1 atom stereocenters. The number of carbonyl (C=O) groups is 1. The summed E-state index contributed by atoms with van der Waals surface area (Å²) < 4.78 is 39.7. The van der Waals surface area contributed by atoms with Crippen LogP contribution in [-0.4, -0.2) is 98.5 Å². The summed E-state index contributed by atoms with van der Waals surface area (Å²) in [6.07, 6.45) is 4.81. The Balaban J connectivity index is 1.20. The highest BCUT2D eigenvalue weighted by molar-refractivity contribution is 7.92. The number of benzene rings is 2. The van der Waals surface area contributed by atoms with Gasteiger partial charge in [-0.1, -0.05) is 23.8 Å².